The van der Waals surface area contributed by atoms with Gasteiger partial charge in [-0.25, -0.2) is 4.57 Å². The molecule has 3 atom stereocenters. The summed E-state index contributed by atoms with van der Waals surface area (Å²) >= 11 is 0. The Kier molecular flexibility index (Phi) is 62.3. The Balaban J connectivity index is 3.93. The molecule has 0 saturated heterocycles. The van der Waals surface area contributed by atoms with Gasteiger partial charge in [-0.05, 0) is 77.0 Å². The molecular weight excluding hydrogens is 1030 g/mol. The molecule has 0 rings (SSSR count). The molecule has 3 unspecified atom stereocenters. The molecule has 0 aromatic carbocycles. The van der Waals surface area contributed by atoms with E-state index in [2.05, 4.69) is 67.8 Å². The summed E-state index contributed by atoms with van der Waals surface area (Å²) in [6.45, 7) is 4.81. The number of nitrogens with one attached hydrogen (secondary N) is 1. The number of amides is 1. The summed E-state index contributed by atoms with van der Waals surface area (Å²) in [5, 5.41) is 14.0. The van der Waals surface area contributed by atoms with Gasteiger partial charge in [0.15, 0.2) is 0 Å². The number of aliphatic hydroxyl groups is 1. The number of phosphoric acid groups is 1. The van der Waals surface area contributed by atoms with E-state index in [1.54, 1.807) is 6.08 Å². The highest BCUT2D eigenvalue weighted by molar-refractivity contribution is 7.47. The van der Waals surface area contributed by atoms with Crippen LogP contribution in [0.4, 0.5) is 0 Å². The molecule has 0 fully saturated rings. The van der Waals surface area contributed by atoms with Gasteiger partial charge in [-0.15, -0.1) is 0 Å². The number of aliphatic hydroxyl groups excluding tert-OH is 1. The van der Waals surface area contributed by atoms with Crippen molar-refractivity contribution >= 4 is 13.7 Å². The Hall–Kier alpha value is -1.80. The van der Waals surface area contributed by atoms with Crippen LogP contribution < -0.4 is 5.32 Å². The molecule has 0 aromatic heterocycles. The maximum atomic E-state index is 13.0. The minimum Gasteiger partial charge on any atom is -0.387 e. The van der Waals surface area contributed by atoms with Crippen molar-refractivity contribution in [2.75, 3.05) is 40.9 Å². The predicted octanol–water partition coefficient (Wildman–Crippen LogP) is 22.8. The zero-order valence-electron chi connectivity index (χ0n) is 55.2. The van der Waals surface area contributed by atoms with Crippen molar-refractivity contribution in [3.63, 3.8) is 0 Å². The molecule has 482 valence electrons. The Labute approximate surface area is 511 Å². The summed E-state index contributed by atoms with van der Waals surface area (Å²) in [6, 6.07) is -0.870. The van der Waals surface area contributed by atoms with Crippen LogP contribution in [0.25, 0.3) is 0 Å². The number of nitrogens with zero attached hydrogens (tertiary/aromatic N) is 1. The van der Waals surface area contributed by atoms with Crippen molar-refractivity contribution in [2.24, 2.45) is 0 Å². The highest BCUT2D eigenvalue weighted by atomic mass is 31.2. The fraction of sp³-hybridized carbons (Fsp3) is 0.849. The first-order valence-corrected chi connectivity index (χ1v) is 37.2. The smallest absolute Gasteiger partial charge is 0.387 e. The topological polar surface area (TPSA) is 105 Å². The lowest BCUT2D eigenvalue weighted by Gasteiger charge is -2.25. The van der Waals surface area contributed by atoms with E-state index in [1.807, 2.05) is 27.2 Å². The number of carbonyl (C=O) groups excluding carboxylic acids is 1. The third-order valence-electron chi connectivity index (χ3n) is 16.2. The van der Waals surface area contributed by atoms with Gasteiger partial charge in [0.2, 0.25) is 5.91 Å². The van der Waals surface area contributed by atoms with Gasteiger partial charge in [-0.3, -0.25) is 13.8 Å². The zero-order valence-corrected chi connectivity index (χ0v) is 56.1. The maximum Gasteiger partial charge on any atom is 0.472 e. The Morgan fingerprint density at radius 2 is 0.707 bits per heavy atom. The lowest BCUT2D eigenvalue weighted by Crippen LogP contribution is -2.45. The summed E-state index contributed by atoms with van der Waals surface area (Å²) in [4.78, 5) is 23.4. The molecule has 9 heteroatoms. The molecule has 1 amide bonds. The maximum absolute atomic E-state index is 13.0. The minimum absolute atomic E-state index is 0.0541. The number of quaternary nitrogens is 1. The quantitative estimate of drug-likeness (QED) is 0.0243. The van der Waals surface area contributed by atoms with E-state index in [-0.39, 0.29) is 19.1 Å². The molecule has 0 spiro atoms. The van der Waals surface area contributed by atoms with Gasteiger partial charge in [0.25, 0.3) is 0 Å². The number of rotatable bonds is 66. The summed E-state index contributed by atoms with van der Waals surface area (Å²) in [5.74, 6) is -0.185. The number of allylic oxidation sites excluding steroid dienone is 9. The molecular formula is C73H140N2O6P+. The van der Waals surface area contributed by atoms with E-state index in [9.17, 15) is 19.4 Å². The van der Waals surface area contributed by atoms with Crippen LogP contribution in [0.2, 0.25) is 0 Å². The van der Waals surface area contributed by atoms with Crippen LogP contribution in [0.15, 0.2) is 60.8 Å². The van der Waals surface area contributed by atoms with Crippen molar-refractivity contribution in [2.45, 2.75) is 360 Å². The molecule has 0 bridgehead atoms. The number of hydrogen-bond donors (Lipinski definition) is 3. The zero-order chi connectivity index (χ0) is 59.8. The molecule has 0 aliphatic rings. The third kappa shape index (κ3) is 65.7. The second kappa shape index (κ2) is 63.7. The highest BCUT2D eigenvalue weighted by Gasteiger charge is 2.28. The second-order valence-electron chi connectivity index (χ2n) is 25.6. The number of hydrogen-bond acceptors (Lipinski definition) is 5. The number of phosphoric ester groups is 1. The molecule has 0 radical (unpaired) electrons. The van der Waals surface area contributed by atoms with Crippen molar-refractivity contribution in [1.29, 1.82) is 0 Å². The summed E-state index contributed by atoms with van der Waals surface area (Å²) in [5.41, 5.74) is 0. The first kappa shape index (κ1) is 80.2. The first-order valence-electron chi connectivity index (χ1n) is 35.7. The van der Waals surface area contributed by atoms with Crippen LogP contribution in [0.3, 0.4) is 0 Å². The normalized spacial score (nSPS) is 14.0. The van der Waals surface area contributed by atoms with Crippen molar-refractivity contribution in [1.82, 2.24) is 5.32 Å². The summed E-state index contributed by atoms with van der Waals surface area (Å²) < 4.78 is 23.8. The second-order valence-corrected chi connectivity index (χ2v) is 27.0. The lowest BCUT2D eigenvalue weighted by molar-refractivity contribution is -0.870. The Morgan fingerprint density at radius 3 is 1.05 bits per heavy atom. The molecule has 3 N–H and O–H groups in total. The van der Waals surface area contributed by atoms with Gasteiger partial charge in [-0.2, -0.15) is 0 Å². The number of likely N-dealkylation sites (N-methyl/N-ethyl adjacent to an activating group) is 1. The van der Waals surface area contributed by atoms with E-state index >= 15 is 0 Å². The molecule has 0 aliphatic carbocycles. The molecule has 0 aromatic rings. The summed E-state index contributed by atoms with van der Waals surface area (Å²) in [6.07, 6.45) is 88.2. The highest BCUT2D eigenvalue weighted by Crippen LogP contribution is 2.43. The Bertz CT molecular complexity index is 1520. The van der Waals surface area contributed by atoms with Crippen molar-refractivity contribution < 1.29 is 32.9 Å². The Morgan fingerprint density at radius 1 is 0.415 bits per heavy atom. The van der Waals surface area contributed by atoms with Gasteiger partial charge in [-0.1, -0.05) is 325 Å². The SMILES string of the molecule is CCCCCCC/C=C\C/C=C\CCCCCCCCCCCCCCCCCCCCCCCCCCCCCCCC(=O)NC(COP(=O)(O)OCC[N+](C)(C)C)C(O)/C=C/CC/C=C/CC/C=C/CCCCCCCCCCC. The standard InChI is InChI=1S/C73H139N2O6P/c1-6-8-10-12-14-16-18-20-22-24-26-27-28-29-30-31-32-33-34-35-36-37-38-39-40-41-42-43-44-45-46-47-49-51-53-55-57-59-61-63-65-67-73(77)74-71(70-81-82(78,79)80-69-68-75(3,4)5)72(76)66-64-62-60-58-56-54-52-50-48-25-23-21-19-17-15-13-11-9-7-2/h18,20,24,26,48,50,56,58,64,66,71-72,76H,6-17,19,21-23,25,27-47,49,51-55,57,59-63,65,67-70H2,1-5H3,(H-,74,77,78,79)/p+1/b20-18-,26-24-,50-48+,58-56+,66-64+. The van der Waals surface area contributed by atoms with Crippen LogP contribution in [0.5, 0.6) is 0 Å². The molecule has 0 heterocycles. The van der Waals surface area contributed by atoms with Gasteiger partial charge < -0.3 is 19.8 Å². The van der Waals surface area contributed by atoms with Crippen molar-refractivity contribution in [3.05, 3.63) is 60.8 Å². The molecule has 0 aliphatic heterocycles. The number of unbranched alkanes of at least 4 members (excludes halogenated alkanes) is 45. The van der Waals surface area contributed by atoms with Crippen molar-refractivity contribution in [3.8, 4) is 0 Å². The lowest BCUT2D eigenvalue weighted by atomic mass is 10.0. The van der Waals surface area contributed by atoms with Gasteiger partial charge in [0.05, 0.1) is 39.9 Å². The minimum atomic E-state index is -4.36. The van der Waals surface area contributed by atoms with Crippen LogP contribution in [0.1, 0.15) is 348 Å². The van der Waals surface area contributed by atoms with Crippen LogP contribution in [0, 0.1) is 0 Å². The molecule has 0 saturated carbocycles. The monoisotopic (exact) mass is 1170 g/mol. The van der Waals surface area contributed by atoms with Gasteiger partial charge >= 0.3 is 7.82 Å². The third-order valence-corrected chi connectivity index (χ3v) is 17.2. The predicted molar refractivity (Wildman–Crippen MR) is 360 cm³/mol. The number of carbonyl (C=O) groups is 1. The fourth-order valence-electron chi connectivity index (χ4n) is 10.6. The summed E-state index contributed by atoms with van der Waals surface area (Å²) in [7, 11) is 1.56. The van der Waals surface area contributed by atoms with Gasteiger partial charge in [0.1, 0.15) is 13.2 Å². The largest absolute Gasteiger partial charge is 0.472 e. The van der Waals surface area contributed by atoms with Crippen LogP contribution in [-0.4, -0.2) is 73.4 Å². The molecule has 82 heavy (non-hydrogen) atoms. The van der Waals surface area contributed by atoms with E-state index < -0.39 is 20.0 Å². The van der Waals surface area contributed by atoms with Crippen LogP contribution >= 0.6 is 7.82 Å². The first-order chi connectivity index (χ1) is 40.0. The van der Waals surface area contributed by atoms with E-state index in [4.69, 9.17) is 9.05 Å². The van der Waals surface area contributed by atoms with E-state index in [0.717, 1.165) is 51.4 Å². The van der Waals surface area contributed by atoms with Gasteiger partial charge in [0, 0.05) is 6.42 Å². The van der Waals surface area contributed by atoms with E-state index in [0.29, 0.717) is 17.4 Å². The average molecular weight is 1170 g/mol. The molecule has 8 nitrogen and oxygen atoms in total. The van der Waals surface area contributed by atoms with Crippen LogP contribution in [-0.2, 0) is 18.4 Å². The average Bonchev–Trinajstić information content (AvgIpc) is 3.47. The van der Waals surface area contributed by atoms with E-state index in [1.165, 1.54) is 276 Å². The fourth-order valence-corrected chi connectivity index (χ4v) is 11.4.